The highest BCUT2D eigenvalue weighted by atomic mass is 35.5. The largest absolute Gasteiger partial charge is 0.233 e. The van der Waals surface area contributed by atoms with Crippen molar-refractivity contribution in [2.45, 2.75) is 27.2 Å². The molecule has 0 bridgehead atoms. The minimum atomic E-state index is 0.492. The van der Waals surface area contributed by atoms with Crippen molar-refractivity contribution in [3.05, 3.63) is 46.9 Å². The molecule has 0 spiro atoms. The van der Waals surface area contributed by atoms with Gasteiger partial charge in [-0.1, -0.05) is 43.6 Å². The van der Waals surface area contributed by atoms with E-state index in [9.17, 15) is 0 Å². The lowest BCUT2D eigenvalue weighted by atomic mass is 10.00. The zero-order valence-electron chi connectivity index (χ0n) is 10.9. The number of hydrogen-bond donors (Lipinski definition) is 0. The maximum Gasteiger partial charge on any atom is 0.133 e. The van der Waals surface area contributed by atoms with Gasteiger partial charge in [0.25, 0.3) is 0 Å². The van der Waals surface area contributed by atoms with Gasteiger partial charge in [0.15, 0.2) is 0 Å². The molecule has 0 amide bonds. The first-order valence-corrected chi connectivity index (χ1v) is 6.53. The van der Waals surface area contributed by atoms with Crippen molar-refractivity contribution in [1.82, 2.24) is 9.97 Å². The fraction of sp³-hybridized carbons (Fsp3) is 0.333. The van der Waals surface area contributed by atoms with Crippen molar-refractivity contribution >= 4 is 11.6 Å². The predicted octanol–water partition coefficient (Wildman–Crippen LogP) is 4.30. The van der Waals surface area contributed by atoms with E-state index in [2.05, 4.69) is 48.1 Å². The number of aromatic nitrogens is 2. The van der Waals surface area contributed by atoms with Gasteiger partial charge < -0.3 is 0 Å². The minimum absolute atomic E-state index is 0.492. The zero-order chi connectivity index (χ0) is 13.1. The first kappa shape index (κ1) is 13.0. The number of halogens is 1. The molecular formula is C15H17ClN2. The predicted molar refractivity (Wildman–Crippen MR) is 75.8 cm³/mol. The summed E-state index contributed by atoms with van der Waals surface area (Å²) in [6.45, 7) is 6.30. The van der Waals surface area contributed by atoms with Crippen LogP contribution in [-0.2, 0) is 6.42 Å². The molecule has 18 heavy (non-hydrogen) atoms. The first-order chi connectivity index (χ1) is 8.54. The number of rotatable bonds is 3. The van der Waals surface area contributed by atoms with E-state index in [-0.39, 0.29) is 0 Å². The summed E-state index contributed by atoms with van der Waals surface area (Å²) >= 11 is 5.97. The molecule has 1 aromatic heterocycles. The Morgan fingerprint density at radius 3 is 2.61 bits per heavy atom. The van der Waals surface area contributed by atoms with E-state index in [0.717, 1.165) is 17.7 Å². The number of hydrogen-bond acceptors (Lipinski definition) is 2. The Labute approximate surface area is 113 Å². The van der Waals surface area contributed by atoms with Crippen LogP contribution >= 0.6 is 11.6 Å². The third kappa shape index (κ3) is 3.30. The Hall–Kier alpha value is -1.41. The van der Waals surface area contributed by atoms with Gasteiger partial charge in [0.05, 0.1) is 5.69 Å². The molecule has 0 unspecified atom stereocenters. The highest BCUT2D eigenvalue weighted by Crippen LogP contribution is 2.22. The summed E-state index contributed by atoms with van der Waals surface area (Å²) in [4.78, 5) is 8.51. The Kier molecular flexibility index (Phi) is 3.97. The van der Waals surface area contributed by atoms with E-state index >= 15 is 0 Å². The third-order valence-electron chi connectivity index (χ3n) is 2.67. The van der Waals surface area contributed by atoms with Gasteiger partial charge >= 0.3 is 0 Å². The molecule has 2 aromatic rings. The molecule has 3 heteroatoms. The molecule has 0 saturated heterocycles. The fourth-order valence-electron chi connectivity index (χ4n) is 2.01. The monoisotopic (exact) mass is 260 g/mol. The Balaban J connectivity index is 2.38. The van der Waals surface area contributed by atoms with Gasteiger partial charge in [0.2, 0.25) is 0 Å². The van der Waals surface area contributed by atoms with Crippen LogP contribution in [0.4, 0.5) is 0 Å². The third-order valence-corrected chi connectivity index (χ3v) is 2.87. The molecule has 0 aliphatic rings. The molecule has 2 rings (SSSR count). The molecular weight excluding hydrogens is 244 g/mol. The summed E-state index contributed by atoms with van der Waals surface area (Å²) in [6.07, 6.45) is 1.08. The van der Waals surface area contributed by atoms with Gasteiger partial charge in [-0.3, -0.25) is 0 Å². The standard InChI is InChI=1S/C15H17ClN2/c1-10(2)7-12-5-4-6-13(8-12)14-9-15(16)18-11(3)17-14/h4-6,8-10H,7H2,1-3H3. The van der Waals surface area contributed by atoms with Crippen LogP contribution < -0.4 is 0 Å². The fourth-order valence-corrected chi connectivity index (χ4v) is 2.23. The number of benzene rings is 1. The average Bonchev–Trinajstić information content (AvgIpc) is 2.27. The van der Waals surface area contributed by atoms with Crippen molar-refractivity contribution in [2.24, 2.45) is 5.92 Å². The van der Waals surface area contributed by atoms with Crippen LogP contribution in [0.5, 0.6) is 0 Å². The second-order valence-corrected chi connectivity index (χ2v) is 5.31. The molecule has 2 nitrogen and oxygen atoms in total. The summed E-state index contributed by atoms with van der Waals surface area (Å²) in [6, 6.07) is 10.3. The van der Waals surface area contributed by atoms with Gasteiger partial charge in [-0.2, -0.15) is 0 Å². The lowest BCUT2D eigenvalue weighted by Gasteiger charge is -2.08. The second kappa shape index (κ2) is 5.49. The molecule has 0 aliphatic carbocycles. The van der Waals surface area contributed by atoms with Gasteiger partial charge in [0, 0.05) is 11.6 Å². The van der Waals surface area contributed by atoms with Crippen molar-refractivity contribution in [3.63, 3.8) is 0 Å². The summed E-state index contributed by atoms with van der Waals surface area (Å²) < 4.78 is 0. The van der Waals surface area contributed by atoms with Crippen LogP contribution in [-0.4, -0.2) is 9.97 Å². The van der Waals surface area contributed by atoms with Crippen LogP contribution in [0.3, 0.4) is 0 Å². The molecule has 0 saturated carbocycles. The first-order valence-electron chi connectivity index (χ1n) is 6.15. The molecule has 1 heterocycles. The van der Waals surface area contributed by atoms with Gasteiger partial charge in [-0.25, -0.2) is 9.97 Å². The van der Waals surface area contributed by atoms with Crippen molar-refractivity contribution in [2.75, 3.05) is 0 Å². The summed E-state index contributed by atoms with van der Waals surface area (Å²) in [7, 11) is 0. The van der Waals surface area contributed by atoms with Crippen molar-refractivity contribution < 1.29 is 0 Å². The zero-order valence-corrected chi connectivity index (χ0v) is 11.7. The maximum absolute atomic E-state index is 5.97. The van der Waals surface area contributed by atoms with Gasteiger partial charge in [0.1, 0.15) is 11.0 Å². The summed E-state index contributed by atoms with van der Waals surface area (Å²) in [5.74, 6) is 1.35. The Morgan fingerprint density at radius 2 is 1.94 bits per heavy atom. The van der Waals surface area contributed by atoms with Crippen LogP contribution in [0.2, 0.25) is 5.15 Å². The Bertz CT molecular complexity index is 530. The molecule has 0 atom stereocenters. The molecule has 0 fully saturated rings. The molecule has 94 valence electrons. The van der Waals surface area contributed by atoms with Crippen LogP contribution in [0.25, 0.3) is 11.3 Å². The van der Waals surface area contributed by atoms with E-state index in [4.69, 9.17) is 11.6 Å². The topological polar surface area (TPSA) is 25.8 Å². The quantitative estimate of drug-likeness (QED) is 0.769. The highest BCUT2D eigenvalue weighted by molar-refractivity contribution is 6.29. The van der Waals surface area contributed by atoms with E-state index in [1.165, 1.54) is 5.56 Å². The van der Waals surface area contributed by atoms with Crippen molar-refractivity contribution in [1.29, 1.82) is 0 Å². The minimum Gasteiger partial charge on any atom is -0.233 e. The van der Waals surface area contributed by atoms with Gasteiger partial charge in [-0.05, 0) is 30.9 Å². The van der Waals surface area contributed by atoms with Crippen LogP contribution in [0, 0.1) is 12.8 Å². The smallest absolute Gasteiger partial charge is 0.133 e. The molecule has 0 radical (unpaired) electrons. The number of aryl methyl sites for hydroxylation is 1. The lowest BCUT2D eigenvalue weighted by Crippen LogP contribution is -1.95. The Morgan fingerprint density at radius 1 is 1.17 bits per heavy atom. The highest BCUT2D eigenvalue weighted by Gasteiger charge is 2.05. The lowest BCUT2D eigenvalue weighted by molar-refractivity contribution is 0.647. The van der Waals surface area contributed by atoms with E-state index in [0.29, 0.717) is 16.9 Å². The van der Waals surface area contributed by atoms with E-state index in [1.807, 2.05) is 13.0 Å². The van der Waals surface area contributed by atoms with Crippen molar-refractivity contribution in [3.8, 4) is 11.3 Å². The maximum atomic E-state index is 5.97. The summed E-state index contributed by atoms with van der Waals surface area (Å²) in [5.41, 5.74) is 3.31. The van der Waals surface area contributed by atoms with E-state index < -0.39 is 0 Å². The average molecular weight is 261 g/mol. The van der Waals surface area contributed by atoms with Gasteiger partial charge in [-0.15, -0.1) is 0 Å². The second-order valence-electron chi connectivity index (χ2n) is 4.92. The van der Waals surface area contributed by atoms with Crippen LogP contribution in [0.15, 0.2) is 30.3 Å². The molecule has 0 aliphatic heterocycles. The summed E-state index contributed by atoms with van der Waals surface area (Å²) in [5, 5.41) is 0.492. The SMILES string of the molecule is Cc1nc(Cl)cc(-c2cccc(CC(C)C)c2)n1. The normalized spacial score (nSPS) is 10.9. The number of nitrogens with zero attached hydrogens (tertiary/aromatic N) is 2. The molecule has 0 N–H and O–H groups in total. The van der Waals surface area contributed by atoms with E-state index in [1.54, 1.807) is 0 Å². The molecule has 1 aromatic carbocycles. The van der Waals surface area contributed by atoms with Crippen LogP contribution in [0.1, 0.15) is 25.2 Å².